The zero-order valence-corrected chi connectivity index (χ0v) is 10.2. The van der Waals surface area contributed by atoms with Gasteiger partial charge < -0.3 is 9.52 Å². The van der Waals surface area contributed by atoms with E-state index < -0.39 is 5.97 Å². The van der Waals surface area contributed by atoms with Gasteiger partial charge in [-0.25, -0.2) is 4.98 Å². The number of fused-ring (bicyclic) bond motifs is 1. The second-order valence-corrected chi connectivity index (χ2v) is 4.42. The van der Waals surface area contributed by atoms with Crippen LogP contribution in [-0.2, 0) is 11.2 Å². The van der Waals surface area contributed by atoms with Crippen molar-refractivity contribution in [1.82, 2.24) is 4.98 Å². The van der Waals surface area contributed by atoms with Crippen LogP contribution in [0.5, 0.6) is 0 Å². The molecule has 4 nitrogen and oxygen atoms in total. The fraction of sp³-hybridized carbons (Fsp3) is 0.273. The molecule has 1 aromatic heterocycles. The Morgan fingerprint density at radius 2 is 2.31 bits per heavy atom. The molecule has 0 unspecified atom stereocenters. The van der Waals surface area contributed by atoms with Gasteiger partial charge in [-0.3, -0.25) is 4.79 Å². The number of benzene rings is 1. The van der Waals surface area contributed by atoms with E-state index in [4.69, 9.17) is 9.52 Å². The van der Waals surface area contributed by atoms with Crippen molar-refractivity contribution in [3.8, 4) is 0 Å². The molecule has 1 heterocycles. The molecule has 2 aromatic rings. The van der Waals surface area contributed by atoms with Gasteiger partial charge in [-0.1, -0.05) is 15.9 Å². The third kappa shape index (κ3) is 2.24. The number of aryl methyl sites for hydroxylation is 2. The van der Waals surface area contributed by atoms with Crippen LogP contribution in [0.1, 0.15) is 17.9 Å². The Balaban J connectivity index is 2.33. The highest BCUT2D eigenvalue weighted by Crippen LogP contribution is 2.24. The number of halogens is 1. The maximum absolute atomic E-state index is 10.4. The van der Waals surface area contributed by atoms with E-state index in [1.54, 1.807) is 0 Å². The van der Waals surface area contributed by atoms with Crippen LogP contribution >= 0.6 is 15.9 Å². The smallest absolute Gasteiger partial charge is 0.303 e. The summed E-state index contributed by atoms with van der Waals surface area (Å²) in [6.07, 6.45) is 0.355. The highest BCUT2D eigenvalue weighted by atomic mass is 79.9. The molecule has 0 atom stereocenters. The maximum atomic E-state index is 10.4. The number of carbonyl (C=O) groups is 1. The van der Waals surface area contributed by atoms with Crippen LogP contribution in [0.15, 0.2) is 21.0 Å². The molecule has 84 valence electrons. The minimum atomic E-state index is -0.848. The predicted octanol–water partition coefficient (Wildman–Crippen LogP) is 2.92. The summed E-state index contributed by atoms with van der Waals surface area (Å²) in [6.45, 7) is 1.97. The number of carboxylic acids is 1. The predicted molar refractivity (Wildman–Crippen MR) is 62.4 cm³/mol. The van der Waals surface area contributed by atoms with E-state index in [1.807, 2.05) is 19.1 Å². The third-order valence-corrected chi connectivity index (χ3v) is 3.12. The van der Waals surface area contributed by atoms with Crippen LogP contribution < -0.4 is 0 Å². The lowest BCUT2D eigenvalue weighted by Gasteiger charge is -1.94. The summed E-state index contributed by atoms with van der Waals surface area (Å²) in [5.74, 6) is -0.380. The van der Waals surface area contributed by atoms with Crippen molar-refractivity contribution in [1.29, 1.82) is 0 Å². The SMILES string of the molecule is Cc1cc2nc(CCC(=O)O)oc2cc1Br. The first-order valence-corrected chi connectivity index (χ1v) is 5.63. The van der Waals surface area contributed by atoms with E-state index in [0.717, 1.165) is 15.6 Å². The van der Waals surface area contributed by atoms with Crippen molar-refractivity contribution < 1.29 is 14.3 Å². The molecule has 0 amide bonds. The number of aliphatic carboxylic acids is 1. The number of nitrogens with zero attached hydrogens (tertiary/aromatic N) is 1. The van der Waals surface area contributed by atoms with Crippen molar-refractivity contribution >= 4 is 33.0 Å². The van der Waals surface area contributed by atoms with E-state index in [-0.39, 0.29) is 6.42 Å². The lowest BCUT2D eigenvalue weighted by molar-refractivity contribution is -0.137. The van der Waals surface area contributed by atoms with Gasteiger partial charge in [-0.05, 0) is 24.6 Å². The molecule has 0 saturated heterocycles. The highest BCUT2D eigenvalue weighted by molar-refractivity contribution is 9.10. The van der Waals surface area contributed by atoms with Crippen LogP contribution in [0.2, 0.25) is 0 Å². The summed E-state index contributed by atoms with van der Waals surface area (Å²) >= 11 is 3.41. The molecule has 0 saturated carbocycles. The highest BCUT2D eigenvalue weighted by Gasteiger charge is 2.09. The summed E-state index contributed by atoms with van der Waals surface area (Å²) in [5.41, 5.74) is 2.52. The van der Waals surface area contributed by atoms with Gasteiger partial charge in [0.15, 0.2) is 11.5 Å². The Bertz CT molecular complexity index is 508. The van der Waals surface area contributed by atoms with E-state index in [0.29, 0.717) is 17.9 Å². The Morgan fingerprint density at radius 1 is 1.56 bits per heavy atom. The molecule has 0 spiro atoms. The topological polar surface area (TPSA) is 63.3 Å². The standard InChI is InChI=1S/C11H10BrNO3/c1-6-4-8-9(5-7(6)12)16-10(13-8)2-3-11(14)15/h4-5H,2-3H2,1H3,(H,14,15). The maximum Gasteiger partial charge on any atom is 0.303 e. The summed E-state index contributed by atoms with van der Waals surface area (Å²) < 4.78 is 6.41. The van der Waals surface area contributed by atoms with E-state index in [1.165, 1.54) is 0 Å². The summed E-state index contributed by atoms with van der Waals surface area (Å²) in [7, 11) is 0. The third-order valence-electron chi connectivity index (χ3n) is 2.27. The van der Waals surface area contributed by atoms with E-state index in [2.05, 4.69) is 20.9 Å². The lowest BCUT2D eigenvalue weighted by Crippen LogP contribution is -1.97. The first-order chi connectivity index (χ1) is 7.56. The van der Waals surface area contributed by atoms with Crippen LogP contribution in [-0.4, -0.2) is 16.1 Å². The monoisotopic (exact) mass is 283 g/mol. The molecule has 0 aliphatic carbocycles. The molecule has 0 aliphatic rings. The molecule has 0 aliphatic heterocycles. The first-order valence-electron chi connectivity index (χ1n) is 4.83. The minimum absolute atomic E-state index is 0.0347. The number of carboxylic acid groups (broad SMARTS) is 1. The number of oxazole rings is 1. The Kier molecular flexibility index (Phi) is 2.96. The summed E-state index contributed by atoms with van der Waals surface area (Å²) in [6, 6.07) is 3.76. The van der Waals surface area contributed by atoms with Gasteiger partial charge in [-0.2, -0.15) is 0 Å². The number of aromatic nitrogens is 1. The molecule has 1 aromatic carbocycles. The van der Waals surface area contributed by atoms with E-state index >= 15 is 0 Å². The molecule has 0 bridgehead atoms. The van der Waals surface area contributed by atoms with Crippen molar-refractivity contribution in [3.63, 3.8) is 0 Å². The summed E-state index contributed by atoms with van der Waals surface area (Å²) in [5, 5.41) is 8.56. The molecule has 2 rings (SSSR count). The fourth-order valence-corrected chi connectivity index (χ4v) is 1.74. The van der Waals surface area contributed by atoms with Gasteiger partial charge in [0.2, 0.25) is 0 Å². The van der Waals surface area contributed by atoms with Crippen LogP contribution in [0.3, 0.4) is 0 Å². The van der Waals surface area contributed by atoms with Gasteiger partial charge in [0.25, 0.3) is 0 Å². The molecule has 0 fully saturated rings. The average molecular weight is 284 g/mol. The molecule has 0 radical (unpaired) electrons. The van der Waals surface area contributed by atoms with Gasteiger partial charge in [0.1, 0.15) is 5.52 Å². The van der Waals surface area contributed by atoms with Crippen LogP contribution in [0.4, 0.5) is 0 Å². The van der Waals surface area contributed by atoms with Gasteiger partial charge in [0.05, 0.1) is 6.42 Å². The largest absolute Gasteiger partial charge is 0.481 e. The quantitative estimate of drug-likeness (QED) is 0.941. The average Bonchev–Trinajstić information content (AvgIpc) is 2.58. The Labute approximate surface area is 100 Å². The van der Waals surface area contributed by atoms with Gasteiger partial charge in [-0.15, -0.1) is 0 Å². The second kappa shape index (κ2) is 4.25. The van der Waals surface area contributed by atoms with Crippen molar-refractivity contribution in [2.24, 2.45) is 0 Å². The van der Waals surface area contributed by atoms with Crippen molar-refractivity contribution in [2.75, 3.05) is 0 Å². The van der Waals surface area contributed by atoms with Crippen LogP contribution in [0.25, 0.3) is 11.1 Å². The normalized spacial score (nSPS) is 10.9. The first kappa shape index (κ1) is 11.1. The zero-order chi connectivity index (χ0) is 11.7. The van der Waals surface area contributed by atoms with Crippen molar-refractivity contribution in [2.45, 2.75) is 19.8 Å². The molecule has 5 heteroatoms. The lowest BCUT2D eigenvalue weighted by atomic mass is 10.2. The minimum Gasteiger partial charge on any atom is -0.481 e. The van der Waals surface area contributed by atoms with Crippen molar-refractivity contribution in [3.05, 3.63) is 28.1 Å². The summed E-state index contributed by atoms with van der Waals surface area (Å²) in [4.78, 5) is 14.7. The number of hydrogen-bond donors (Lipinski definition) is 1. The molecule has 16 heavy (non-hydrogen) atoms. The molecular formula is C11H10BrNO3. The second-order valence-electron chi connectivity index (χ2n) is 3.57. The van der Waals surface area contributed by atoms with E-state index in [9.17, 15) is 4.79 Å². The van der Waals surface area contributed by atoms with Gasteiger partial charge >= 0.3 is 5.97 Å². The Morgan fingerprint density at radius 3 is 3.00 bits per heavy atom. The Hall–Kier alpha value is -1.36. The molecule has 1 N–H and O–H groups in total. The zero-order valence-electron chi connectivity index (χ0n) is 8.66. The molecular weight excluding hydrogens is 274 g/mol. The number of hydrogen-bond acceptors (Lipinski definition) is 3. The fourth-order valence-electron chi connectivity index (χ4n) is 1.42. The van der Waals surface area contributed by atoms with Crippen LogP contribution in [0, 0.1) is 6.92 Å². The van der Waals surface area contributed by atoms with Gasteiger partial charge in [0, 0.05) is 10.9 Å². The number of rotatable bonds is 3.